The fraction of sp³-hybridized carbons (Fsp3) is 0.733. The van der Waals surface area contributed by atoms with E-state index in [0.29, 0.717) is 0 Å². The summed E-state index contributed by atoms with van der Waals surface area (Å²) in [5.74, 6) is 0. The Bertz CT molecular complexity index is 285. The van der Waals surface area contributed by atoms with Gasteiger partial charge in [0.25, 0.3) is 0 Å². The zero-order chi connectivity index (χ0) is 13.6. The third kappa shape index (κ3) is 4.17. The molecule has 0 aromatic heterocycles. The summed E-state index contributed by atoms with van der Waals surface area (Å²) in [7, 11) is -1.27. The lowest BCUT2D eigenvalue weighted by molar-refractivity contribution is 1.13. The van der Waals surface area contributed by atoms with Crippen LogP contribution < -0.4 is 0 Å². The molecule has 0 N–H and O–H groups in total. The van der Waals surface area contributed by atoms with Gasteiger partial charge in [-0.25, -0.2) is 0 Å². The van der Waals surface area contributed by atoms with Gasteiger partial charge in [-0.1, -0.05) is 76.8 Å². The van der Waals surface area contributed by atoms with Crippen LogP contribution in [0.4, 0.5) is 0 Å². The molecule has 0 radical (unpaired) electrons. The van der Waals surface area contributed by atoms with Crippen molar-refractivity contribution in [1.82, 2.24) is 0 Å². The van der Waals surface area contributed by atoms with E-state index in [2.05, 4.69) is 54.3 Å². The fourth-order valence-corrected chi connectivity index (χ4v) is 5.67. The molecule has 0 atom stereocenters. The van der Waals surface area contributed by atoms with Gasteiger partial charge >= 0.3 is 0 Å². The Hall–Kier alpha value is -0.238. The highest BCUT2D eigenvalue weighted by atomic mass is 28.3. The molecule has 0 unspecified atom stereocenters. The molecule has 0 aliphatic rings. The molecule has 0 rings (SSSR count). The van der Waals surface area contributed by atoms with Crippen LogP contribution in [0.2, 0.25) is 31.8 Å². The maximum atomic E-state index is 4.27. The largest absolute Gasteiger partial charge is 0.169 e. The first-order valence-electron chi connectivity index (χ1n) is 7.24. The van der Waals surface area contributed by atoms with E-state index >= 15 is 0 Å². The molecule has 0 bridgehead atoms. The maximum absolute atomic E-state index is 4.27. The SMILES string of the molecule is C=C(C)/C(=C(\CC)B(CC)CC)[Si](C)(C)CC. The minimum Gasteiger partial charge on any atom is -0.102 e. The lowest BCUT2D eigenvalue weighted by Gasteiger charge is -2.31. The first-order valence-corrected chi connectivity index (χ1v) is 10.5. The van der Waals surface area contributed by atoms with Crippen molar-refractivity contribution >= 4 is 14.8 Å². The molecule has 0 aliphatic heterocycles. The van der Waals surface area contributed by atoms with Gasteiger partial charge in [0.15, 0.2) is 6.71 Å². The molecular formula is C15H31BSi. The summed E-state index contributed by atoms with van der Waals surface area (Å²) in [5.41, 5.74) is 3.04. The van der Waals surface area contributed by atoms with Gasteiger partial charge in [-0.3, -0.25) is 0 Å². The minimum absolute atomic E-state index is 0.769. The lowest BCUT2D eigenvalue weighted by Crippen LogP contribution is -2.32. The monoisotopic (exact) mass is 250 g/mol. The second-order valence-electron chi connectivity index (χ2n) is 5.78. The highest BCUT2D eigenvalue weighted by molar-refractivity contribution is 6.87. The molecule has 0 nitrogen and oxygen atoms in total. The Morgan fingerprint density at radius 3 is 1.76 bits per heavy atom. The summed E-state index contributed by atoms with van der Waals surface area (Å²) >= 11 is 0. The summed E-state index contributed by atoms with van der Waals surface area (Å²) < 4.78 is 0. The van der Waals surface area contributed by atoms with Crippen molar-refractivity contribution in [3.63, 3.8) is 0 Å². The van der Waals surface area contributed by atoms with Crippen LogP contribution >= 0.6 is 0 Å². The number of rotatable bonds is 7. The van der Waals surface area contributed by atoms with E-state index in [9.17, 15) is 0 Å². The van der Waals surface area contributed by atoms with Gasteiger partial charge in [-0.15, -0.1) is 5.47 Å². The van der Waals surface area contributed by atoms with Crippen molar-refractivity contribution in [3.05, 3.63) is 22.8 Å². The Kier molecular flexibility index (Phi) is 7.15. The minimum atomic E-state index is -1.27. The molecule has 2 heteroatoms. The van der Waals surface area contributed by atoms with Crippen LogP contribution in [0.25, 0.3) is 0 Å². The standard InChI is InChI=1S/C15H31BSi/c1-9-14(16(10-2)11-3)15(13(5)6)17(7,8)12-4/h5,9-12H2,1-4,6-8H3/b15-14-. The Morgan fingerprint density at radius 1 is 1.06 bits per heavy atom. The third-order valence-electron chi connectivity index (χ3n) is 4.17. The molecule has 0 aromatic rings. The van der Waals surface area contributed by atoms with E-state index in [-0.39, 0.29) is 0 Å². The van der Waals surface area contributed by atoms with Gasteiger partial charge in [0.2, 0.25) is 0 Å². The smallest absolute Gasteiger partial charge is 0.102 e. The summed E-state index contributed by atoms with van der Waals surface area (Å²) in [6.07, 6.45) is 3.74. The summed E-state index contributed by atoms with van der Waals surface area (Å²) in [6.45, 7) is 21.5. The summed E-state index contributed by atoms with van der Waals surface area (Å²) in [5, 5.41) is 1.68. The first-order chi connectivity index (χ1) is 7.85. The molecule has 0 saturated carbocycles. The van der Waals surface area contributed by atoms with Crippen LogP contribution in [-0.4, -0.2) is 14.8 Å². The van der Waals surface area contributed by atoms with E-state index in [1.807, 2.05) is 0 Å². The summed E-state index contributed by atoms with van der Waals surface area (Å²) in [6, 6.07) is 1.32. The predicted octanol–water partition coefficient (Wildman–Crippen LogP) is 5.61. The Morgan fingerprint density at radius 2 is 1.53 bits per heavy atom. The highest BCUT2D eigenvalue weighted by Gasteiger charge is 2.29. The van der Waals surface area contributed by atoms with Crippen molar-refractivity contribution in [2.45, 2.75) is 72.8 Å². The van der Waals surface area contributed by atoms with Crippen molar-refractivity contribution < 1.29 is 0 Å². The van der Waals surface area contributed by atoms with Crippen LogP contribution in [-0.2, 0) is 0 Å². The van der Waals surface area contributed by atoms with Gasteiger partial charge < -0.3 is 0 Å². The zero-order valence-electron chi connectivity index (χ0n) is 13.1. The molecule has 0 saturated heterocycles. The lowest BCUT2D eigenvalue weighted by atomic mass is 9.40. The molecule has 0 amide bonds. The Labute approximate surface area is 111 Å². The van der Waals surface area contributed by atoms with E-state index in [1.165, 1.54) is 30.7 Å². The van der Waals surface area contributed by atoms with E-state index in [1.54, 1.807) is 10.7 Å². The predicted molar refractivity (Wildman–Crippen MR) is 86.8 cm³/mol. The van der Waals surface area contributed by atoms with E-state index < -0.39 is 8.07 Å². The van der Waals surface area contributed by atoms with Crippen LogP contribution in [0.1, 0.15) is 41.0 Å². The average molecular weight is 250 g/mol. The summed E-state index contributed by atoms with van der Waals surface area (Å²) in [4.78, 5) is 0. The molecule has 17 heavy (non-hydrogen) atoms. The quantitative estimate of drug-likeness (QED) is 0.407. The normalized spacial score (nSPS) is 13.4. The molecule has 0 aromatic carbocycles. The van der Waals surface area contributed by atoms with Crippen molar-refractivity contribution in [1.29, 1.82) is 0 Å². The second-order valence-corrected chi connectivity index (χ2v) is 10.8. The van der Waals surface area contributed by atoms with Crippen LogP contribution in [0.5, 0.6) is 0 Å². The zero-order valence-corrected chi connectivity index (χ0v) is 14.1. The molecule has 0 spiro atoms. The number of allylic oxidation sites excluding steroid dienone is 3. The van der Waals surface area contributed by atoms with Crippen molar-refractivity contribution in [2.75, 3.05) is 0 Å². The van der Waals surface area contributed by atoms with Crippen LogP contribution in [0, 0.1) is 0 Å². The fourth-order valence-electron chi connectivity index (χ4n) is 2.91. The maximum Gasteiger partial charge on any atom is 0.169 e. The molecule has 98 valence electrons. The van der Waals surface area contributed by atoms with Gasteiger partial charge in [0.05, 0.1) is 8.07 Å². The number of hydrogen-bond donors (Lipinski definition) is 0. The topological polar surface area (TPSA) is 0 Å². The third-order valence-corrected chi connectivity index (χ3v) is 8.04. The Balaban J connectivity index is 5.71. The van der Waals surface area contributed by atoms with Crippen molar-refractivity contribution in [3.8, 4) is 0 Å². The second kappa shape index (κ2) is 7.25. The average Bonchev–Trinajstić information content (AvgIpc) is 2.28. The van der Waals surface area contributed by atoms with Gasteiger partial charge in [0, 0.05) is 0 Å². The van der Waals surface area contributed by atoms with Crippen LogP contribution in [0.3, 0.4) is 0 Å². The first kappa shape index (κ1) is 16.8. The van der Waals surface area contributed by atoms with Crippen molar-refractivity contribution in [2.24, 2.45) is 0 Å². The van der Waals surface area contributed by atoms with Gasteiger partial charge in [-0.2, -0.15) is 0 Å². The van der Waals surface area contributed by atoms with E-state index in [0.717, 1.165) is 6.71 Å². The molecular weight excluding hydrogens is 219 g/mol. The highest BCUT2D eigenvalue weighted by Crippen LogP contribution is 2.32. The van der Waals surface area contributed by atoms with Crippen LogP contribution in [0.15, 0.2) is 22.8 Å². The van der Waals surface area contributed by atoms with Gasteiger partial charge in [-0.05, 0) is 13.3 Å². The van der Waals surface area contributed by atoms with E-state index in [4.69, 9.17) is 0 Å². The van der Waals surface area contributed by atoms with Gasteiger partial charge in [0.1, 0.15) is 0 Å². The number of hydrogen-bond acceptors (Lipinski definition) is 0. The molecule has 0 fully saturated rings. The molecule has 0 heterocycles. The molecule has 0 aliphatic carbocycles.